The van der Waals surface area contributed by atoms with Crippen LogP contribution in [0.5, 0.6) is 0 Å². The number of allylic oxidation sites excluding steroid dienone is 2. The molecule has 0 saturated heterocycles. The van der Waals surface area contributed by atoms with Crippen LogP contribution in [0.3, 0.4) is 0 Å². The van der Waals surface area contributed by atoms with Crippen molar-refractivity contribution in [3.05, 3.63) is 11.6 Å². The fourth-order valence-corrected chi connectivity index (χ4v) is 0.888. The van der Waals surface area contributed by atoms with Crippen molar-refractivity contribution in [1.82, 2.24) is 0 Å². The van der Waals surface area contributed by atoms with Crippen LogP contribution in [0.2, 0.25) is 0 Å². The molecule has 0 rings (SSSR count). The molecule has 0 radical (unpaired) electrons. The molecule has 0 nitrogen and oxygen atoms in total. The molecule has 0 aromatic heterocycles. The Bertz CT molecular complexity index is 101. The van der Waals surface area contributed by atoms with Crippen LogP contribution in [0.4, 0.5) is 0 Å². The van der Waals surface area contributed by atoms with Crippen LogP contribution in [0.15, 0.2) is 11.6 Å². The van der Waals surface area contributed by atoms with Crippen molar-refractivity contribution >= 4 is 11.6 Å². The number of rotatable bonds is 4. The Hall–Kier alpha value is 0.0300. The zero-order valence-electron chi connectivity index (χ0n) is 7.15. The summed E-state index contributed by atoms with van der Waals surface area (Å²) in [7, 11) is 0. The van der Waals surface area contributed by atoms with E-state index in [9.17, 15) is 0 Å². The van der Waals surface area contributed by atoms with Crippen molar-refractivity contribution in [2.45, 2.75) is 33.6 Å². The number of alkyl halides is 1. The minimum Gasteiger partial charge on any atom is -0.126 e. The van der Waals surface area contributed by atoms with Gasteiger partial charge >= 0.3 is 0 Å². The van der Waals surface area contributed by atoms with Crippen molar-refractivity contribution in [3.63, 3.8) is 0 Å². The SMILES string of the molecule is CC(C)=CCCC(C)CCl. The fraction of sp³-hybridized carbons (Fsp3) is 0.778. The summed E-state index contributed by atoms with van der Waals surface area (Å²) in [6.07, 6.45) is 4.66. The van der Waals surface area contributed by atoms with E-state index >= 15 is 0 Å². The highest BCUT2D eigenvalue weighted by molar-refractivity contribution is 6.18. The third-order valence-corrected chi connectivity index (χ3v) is 2.00. The topological polar surface area (TPSA) is 0 Å². The Labute approximate surface area is 69.3 Å². The Morgan fingerprint density at radius 1 is 1.50 bits per heavy atom. The zero-order valence-corrected chi connectivity index (χ0v) is 7.91. The lowest BCUT2D eigenvalue weighted by Crippen LogP contribution is -1.93. The molecule has 0 amide bonds. The lowest BCUT2D eigenvalue weighted by Gasteiger charge is -2.03. The molecule has 0 heterocycles. The van der Waals surface area contributed by atoms with Gasteiger partial charge in [0.2, 0.25) is 0 Å². The van der Waals surface area contributed by atoms with Gasteiger partial charge in [-0.1, -0.05) is 18.6 Å². The molecule has 0 fully saturated rings. The quantitative estimate of drug-likeness (QED) is 0.436. The molecule has 0 N–H and O–H groups in total. The standard InChI is InChI=1S/C9H17Cl/c1-8(2)5-4-6-9(3)7-10/h5,9H,4,6-7H2,1-3H3. The van der Waals surface area contributed by atoms with E-state index in [0.717, 1.165) is 5.88 Å². The molecule has 1 unspecified atom stereocenters. The Balaban J connectivity index is 3.28. The highest BCUT2D eigenvalue weighted by Crippen LogP contribution is 2.08. The maximum absolute atomic E-state index is 5.65. The smallest absolute Gasteiger partial charge is 0.0249 e. The maximum atomic E-state index is 5.65. The molecule has 0 aromatic carbocycles. The summed E-state index contributed by atoms with van der Waals surface area (Å²) >= 11 is 5.65. The van der Waals surface area contributed by atoms with Gasteiger partial charge in [0.15, 0.2) is 0 Å². The van der Waals surface area contributed by atoms with E-state index in [0.29, 0.717) is 5.92 Å². The molecule has 0 bridgehead atoms. The van der Waals surface area contributed by atoms with Crippen LogP contribution in [0.25, 0.3) is 0 Å². The highest BCUT2D eigenvalue weighted by atomic mass is 35.5. The van der Waals surface area contributed by atoms with Crippen molar-refractivity contribution < 1.29 is 0 Å². The Morgan fingerprint density at radius 2 is 2.10 bits per heavy atom. The van der Waals surface area contributed by atoms with Crippen molar-refractivity contribution in [3.8, 4) is 0 Å². The minimum atomic E-state index is 0.664. The molecule has 60 valence electrons. The predicted molar refractivity (Wildman–Crippen MR) is 48.5 cm³/mol. The van der Waals surface area contributed by atoms with Gasteiger partial charge in [0.25, 0.3) is 0 Å². The number of halogens is 1. The van der Waals surface area contributed by atoms with E-state index < -0.39 is 0 Å². The van der Waals surface area contributed by atoms with E-state index in [2.05, 4.69) is 26.8 Å². The molecule has 0 spiro atoms. The summed E-state index contributed by atoms with van der Waals surface area (Å²) in [6, 6.07) is 0. The molecule has 0 aliphatic rings. The van der Waals surface area contributed by atoms with Crippen molar-refractivity contribution in [2.75, 3.05) is 5.88 Å². The summed E-state index contributed by atoms with van der Waals surface area (Å²) in [5, 5.41) is 0. The molecular formula is C9H17Cl. The molecule has 0 aliphatic heterocycles. The number of hydrogen-bond acceptors (Lipinski definition) is 0. The van der Waals surface area contributed by atoms with E-state index in [1.165, 1.54) is 18.4 Å². The Kier molecular flexibility index (Phi) is 5.81. The Morgan fingerprint density at radius 3 is 2.50 bits per heavy atom. The summed E-state index contributed by atoms with van der Waals surface area (Å²) in [5.41, 5.74) is 1.40. The largest absolute Gasteiger partial charge is 0.126 e. The first-order valence-electron chi connectivity index (χ1n) is 3.86. The lowest BCUT2D eigenvalue weighted by molar-refractivity contribution is 0.599. The molecule has 1 heteroatoms. The molecule has 0 aromatic rings. The normalized spacial score (nSPS) is 12.8. The van der Waals surface area contributed by atoms with E-state index in [4.69, 9.17) is 11.6 Å². The maximum Gasteiger partial charge on any atom is 0.0249 e. The lowest BCUT2D eigenvalue weighted by atomic mass is 10.1. The van der Waals surface area contributed by atoms with Gasteiger partial charge in [0.05, 0.1) is 0 Å². The molecular weight excluding hydrogens is 144 g/mol. The fourth-order valence-electron chi connectivity index (χ4n) is 0.734. The first-order valence-corrected chi connectivity index (χ1v) is 4.39. The van der Waals surface area contributed by atoms with E-state index in [1.54, 1.807) is 0 Å². The van der Waals surface area contributed by atoms with Crippen LogP contribution >= 0.6 is 11.6 Å². The highest BCUT2D eigenvalue weighted by Gasteiger charge is 1.96. The first-order chi connectivity index (χ1) is 4.66. The molecule has 10 heavy (non-hydrogen) atoms. The number of hydrogen-bond donors (Lipinski definition) is 0. The minimum absolute atomic E-state index is 0.664. The van der Waals surface area contributed by atoms with Crippen LogP contribution in [-0.2, 0) is 0 Å². The van der Waals surface area contributed by atoms with Gasteiger partial charge in [0.1, 0.15) is 0 Å². The predicted octanol–water partition coefficient (Wildman–Crippen LogP) is 3.61. The third-order valence-electron chi connectivity index (χ3n) is 1.48. The monoisotopic (exact) mass is 160 g/mol. The van der Waals surface area contributed by atoms with Crippen LogP contribution in [-0.4, -0.2) is 5.88 Å². The van der Waals surface area contributed by atoms with E-state index in [1.807, 2.05) is 0 Å². The van der Waals surface area contributed by atoms with Crippen molar-refractivity contribution in [1.29, 1.82) is 0 Å². The zero-order chi connectivity index (χ0) is 7.98. The van der Waals surface area contributed by atoms with E-state index in [-0.39, 0.29) is 0 Å². The summed E-state index contributed by atoms with van der Waals surface area (Å²) < 4.78 is 0. The second-order valence-corrected chi connectivity index (χ2v) is 3.43. The van der Waals surface area contributed by atoms with Gasteiger partial charge < -0.3 is 0 Å². The summed E-state index contributed by atoms with van der Waals surface area (Å²) in [4.78, 5) is 0. The first kappa shape index (κ1) is 10.0. The van der Waals surface area contributed by atoms with Crippen LogP contribution in [0.1, 0.15) is 33.6 Å². The van der Waals surface area contributed by atoms with Crippen LogP contribution in [0, 0.1) is 5.92 Å². The molecule has 0 saturated carbocycles. The van der Waals surface area contributed by atoms with Gasteiger partial charge in [0, 0.05) is 5.88 Å². The van der Waals surface area contributed by atoms with Crippen LogP contribution < -0.4 is 0 Å². The van der Waals surface area contributed by atoms with Gasteiger partial charge in [-0.2, -0.15) is 0 Å². The molecule has 0 aliphatic carbocycles. The van der Waals surface area contributed by atoms with Gasteiger partial charge in [-0.25, -0.2) is 0 Å². The van der Waals surface area contributed by atoms with Gasteiger partial charge in [-0.05, 0) is 32.6 Å². The summed E-state index contributed by atoms with van der Waals surface area (Å²) in [5.74, 6) is 1.45. The van der Waals surface area contributed by atoms with Crippen molar-refractivity contribution in [2.24, 2.45) is 5.92 Å². The summed E-state index contributed by atoms with van der Waals surface area (Å²) in [6.45, 7) is 6.45. The third kappa shape index (κ3) is 6.15. The second-order valence-electron chi connectivity index (χ2n) is 3.12. The van der Waals surface area contributed by atoms with Gasteiger partial charge in [-0.15, -0.1) is 11.6 Å². The average Bonchev–Trinajstić information content (AvgIpc) is 1.87. The average molecular weight is 161 g/mol. The molecule has 1 atom stereocenters. The van der Waals surface area contributed by atoms with Gasteiger partial charge in [-0.3, -0.25) is 0 Å². The second kappa shape index (κ2) is 5.79.